The molecule has 98 valence electrons. The van der Waals surface area contributed by atoms with Crippen LogP contribution in [0.1, 0.15) is 17.3 Å². The van der Waals surface area contributed by atoms with E-state index in [-0.39, 0.29) is 16.2 Å². The summed E-state index contributed by atoms with van der Waals surface area (Å²) in [5.41, 5.74) is 5.73. The van der Waals surface area contributed by atoms with Crippen molar-refractivity contribution in [2.75, 3.05) is 7.05 Å². The Hall–Kier alpha value is -1.63. The molecule has 0 spiro atoms. The van der Waals surface area contributed by atoms with E-state index in [1.165, 1.54) is 30.1 Å². The first-order valence-corrected chi connectivity index (χ1v) is 5.87. The molecule has 0 saturated heterocycles. The summed E-state index contributed by atoms with van der Waals surface area (Å²) in [4.78, 5) is 13.4. The molecule has 0 aliphatic rings. The molecule has 18 heavy (non-hydrogen) atoms. The van der Waals surface area contributed by atoms with Crippen LogP contribution < -0.4 is 5.73 Å². The van der Waals surface area contributed by atoms with E-state index in [4.69, 9.17) is 10.9 Å². The lowest BCUT2D eigenvalue weighted by Crippen LogP contribution is -2.43. The second kappa shape index (κ2) is 5.81. The number of hydrogen-bond donors (Lipinski definition) is 2. The molecule has 0 bridgehead atoms. The van der Waals surface area contributed by atoms with Crippen LogP contribution in [0.15, 0.2) is 27.8 Å². The molecular formula is C11H13BrFN3O2. The van der Waals surface area contributed by atoms with Crippen LogP contribution in [0.25, 0.3) is 0 Å². The molecule has 0 saturated carbocycles. The van der Waals surface area contributed by atoms with E-state index in [9.17, 15) is 9.18 Å². The molecule has 0 aliphatic carbocycles. The van der Waals surface area contributed by atoms with Gasteiger partial charge in [0.05, 0.1) is 10.5 Å². The standard InChI is InChI=1S/C11H13BrFN3O2/c1-6(10(14)15-18)16(2)11(17)7-3-4-9(13)8(12)5-7/h3-6,18H,1-2H3,(H2,14,15). The predicted molar refractivity (Wildman–Crippen MR) is 69.1 cm³/mol. The average Bonchev–Trinajstić information content (AvgIpc) is 2.38. The van der Waals surface area contributed by atoms with E-state index < -0.39 is 11.9 Å². The highest BCUT2D eigenvalue weighted by Gasteiger charge is 2.21. The van der Waals surface area contributed by atoms with Crippen LogP contribution in [-0.2, 0) is 0 Å². The second-order valence-electron chi connectivity index (χ2n) is 3.75. The lowest BCUT2D eigenvalue weighted by atomic mass is 10.1. The highest BCUT2D eigenvalue weighted by atomic mass is 79.9. The molecular weight excluding hydrogens is 305 g/mol. The summed E-state index contributed by atoms with van der Waals surface area (Å²) >= 11 is 3.01. The number of likely N-dealkylation sites (N-methyl/N-ethyl adjacent to an activating group) is 1. The number of amidine groups is 1. The van der Waals surface area contributed by atoms with E-state index in [1.54, 1.807) is 6.92 Å². The quantitative estimate of drug-likeness (QED) is 0.386. The minimum atomic E-state index is -0.564. The Morgan fingerprint density at radius 1 is 1.61 bits per heavy atom. The van der Waals surface area contributed by atoms with E-state index in [0.29, 0.717) is 5.56 Å². The summed E-state index contributed by atoms with van der Waals surface area (Å²) in [5.74, 6) is -0.875. The van der Waals surface area contributed by atoms with Gasteiger partial charge >= 0.3 is 0 Å². The zero-order valence-corrected chi connectivity index (χ0v) is 11.5. The molecule has 0 aliphatic heterocycles. The zero-order chi connectivity index (χ0) is 13.9. The highest BCUT2D eigenvalue weighted by Crippen LogP contribution is 2.18. The van der Waals surface area contributed by atoms with Crippen LogP contribution in [0.4, 0.5) is 4.39 Å². The number of oxime groups is 1. The number of halogens is 2. The summed E-state index contributed by atoms with van der Waals surface area (Å²) in [5, 5.41) is 11.4. The SMILES string of the molecule is CC(/C(N)=N/O)N(C)C(=O)c1ccc(F)c(Br)c1. The maximum Gasteiger partial charge on any atom is 0.254 e. The van der Waals surface area contributed by atoms with Crippen LogP contribution in [0.5, 0.6) is 0 Å². The maximum atomic E-state index is 13.1. The van der Waals surface area contributed by atoms with Crippen LogP contribution in [0.2, 0.25) is 0 Å². The van der Waals surface area contributed by atoms with E-state index in [0.717, 1.165) is 0 Å². The van der Waals surface area contributed by atoms with Crippen molar-refractivity contribution in [2.24, 2.45) is 10.9 Å². The summed E-state index contributed by atoms with van der Waals surface area (Å²) in [6.45, 7) is 1.62. The zero-order valence-electron chi connectivity index (χ0n) is 9.89. The Morgan fingerprint density at radius 3 is 2.72 bits per heavy atom. The third-order valence-electron chi connectivity index (χ3n) is 2.61. The van der Waals surface area contributed by atoms with Crippen molar-refractivity contribution in [3.63, 3.8) is 0 Å². The number of amides is 1. The first kappa shape index (κ1) is 14.4. The van der Waals surface area contributed by atoms with Gasteiger partial charge < -0.3 is 15.8 Å². The Bertz CT molecular complexity index is 493. The van der Waals surface area contributed by atoms with Crippen LogP contribution in [0, 0.1) is 5.82 Å². The molecule has 0 radical (unpaired) electrons. The molecule has 1 atom stereocenters. The van der Waals surface area contributed by atoms with Gasteiger partial charge in [-0.1, -0.05) is 5.16 Å². The first-order valence-electron chi connectivity index (χ1n) is 5.08. The van der Waals surface area contributed by atoms with E-state index in [2.05, 4.69) is 21.1 Å². The molecule has 1 aromatic carbocycles. The smallest absolute Gasteiger partial charge is 0.254 e. The molecule has 1 amide bonds. The highest BCUT2D eigenvalue weighted by molar-refractivity contribution is 9.10. The van der Waals surface area contributed by atoms with Crippen molar-refractivity contribution < 1.29 is 14.4 Å². The predicted octanol–water partition coefficient (Wildman–Crippen LogP) is 1.80. The Labute approximate surface area is 112 Å². The van der Waals surface area contributed by atoms with Crippen molar-refractivity contribution in [1.82, 2.24) is 4.90 Å². The lowest BCUT2D eigenvalue weighted by Gasteiger charge is -2.23. The minimum absolute atomic E-state index is 0.0768. The van der Waals surface area contributed by atoms with Gasteiger partial charge in [0.25, 0.3) is 5.91 Å². The summed E-state index contributed by atoms with van der Waals surface area (Å²) in [7, 11) is 1.52. The van der Waals surface area contributed by atoms with Crippen molar-refractivity contribution in [1.29, 1.82) is 0 Å². The number of carbonyl (C=O) groups is 1. The second-order valence-corrected chi connectivity index (χ2v) is 4.60. The average molecular weight is 318 g/mol. The van der Waals surface area contributed by atoms with Gasteiger partial charge in [-0.25, -0.2) is 4.39 Å². The van der Waals surface area contributed by atoms with Crippen molar-refractivity contribution in [3.8, 4) is 0 Å². The largest absolute Gasteiger partial charge is 0.409 e. The number of hydrogen-bond acceptors (Lipinski definition) is 3. The summed E-state index contributed by atoms with van der Waals surface area (Å²) in [6, 6.07) is 3.39. The fourth-order valence-corrected chi connectivity index (χ4v) is 1.67. The summed E-state index contributed by atoms with van der Waals surface area (Å²) < 4.78 is 13.3. The van der Waals surface area contributed by atoms with Crippen molar-refractivity contribution in [2.45, 2.75) is 13.0 Å². The molecule has 3 N–H and O–H groups in total. The van der Waals surface area contributed by atoms with Gasteiger partial charge in [0.1, 0.15) is 5.82 Å². The fourth-order valence-electron chi connectivity index (χ4n) is 1.29. The lowest BCUT2D eigenvalue weighted by molar-refractivity contribution is 0.0776. The van der Waals surface area contributed by atoms with Gasteiger partial charge in [0, 0.05) is 12.6 Å². The maximum absolute atomic E-state index is 13.1. The molecule has 0 aromatic heterocycles. The van der Waals surface area contributed by atoms with Crippen LogP contribution >= 0.6 is 15.9 Å². The molecule has 7 heteroatoms. The third kappa shape index (κ3) is 2.98. The fraction of sp³-hybridized carbons (Fsp3) is 0.273. The van der Waals surface area contributed by atoms with E-state index >= 15 is 0 Å². The van der Waals surface area contributed by atoms with Gasteiger partial charge in [-0.05, 0) is 41.1 Å². The third-order valence-corrected chi connectivity index (χ3v) is 3.22. The van der Waals surface area contributed by atoms with Crippen molar-refractivity contribution in [3.05, 3.63) is 34.1 Å². The molecule has 1 rings (SSSR count). The normalized spacial score (nSPS) is 13.2. The van der Waals surface area contributed by atoms with Gasteiger partial charge in [0.15, 0.2) is 5.84 Å². The van der Waals surface area contributed by atoms with Crippen LogP contribution in [0.3, 0.4) is 0 Å². The first-order chi connectivity index (χ1) is 8.38. The van der Waals surface area contributed by atoms with Gasteiger partial charge in [-0.15, -0.1) is 0 Å². The molecule has 1 aromatic rings. The van der Waals surface area contributed by atoms with Gasteiger partial charge in [-0.3, -0.25) is 4.79 Å². The molecule has 1 unspecified atom stereocenters. The molecule has 0 heterocycles. The Kier molecular flexibility index (Phi) is 4.66. The number of nitrogens with two attached hydrogens (primary N) is 1. The van der Waals surface area contributed by atoms with Crippen molar-refractivity contribution >= 4 is 27.7 Å². The number of rotatable bonds is 3. The number of carbonyl (C=O) groups excluding carboxylic acids is 1. The topological polar surface area (TPSA) is 78.9 Å². The van der Waals surface area contributed by atoms with E-state index in [1.807, 2.05) is 0 Å². The molecule has 5 nitrogen and oxygen atoms in total. The Morgan fingerprint density at radius 2 is 2.22 bits per heavy atom. The Balaban J connectivity index is 2.96. The van der Waals surface area contributed by atoms with Crippen LogP contribution in [-0.4, -0.2) is 34.9 Å². The summed E-state index contributed by atoms with van der Waals surface area (Å²) in [6.07, 6.45) is 0. The monoisotopic (exact) mass is 317 g/mol. The van der Waals surface area contributed by atoms with Gasteiger partial charge in [0.2, 0.25) is 0 Å². The number of benzene rings is 1. The van der Waals surface area contributed by atoms with Gasteiger partial charge in [-0.2, -0.15) is 0 Å². The minimum Gasteiger partial charge on any atom is -0.409 e. The number of nitrogens with zero attached hydrogens (tertiary/aromatic N) is 2. The molecule has 0 fully saturated rings.